The van der Waals surface area contributed by atoms with Crippen molar-refractivity contribution in [1.29, 1.82) is 0 Å². The van der Waals surface area contributed by atoms with Crippen LogP contribution in [0, 0.1) is 12.3 Å². The molecule has 1 amide bonds. The first-order valence-electron chi connectivity index (χ1n) is 11.3. The molecule has 2 heterocycles. The molecule has 160 valence electrons. The summed E-state index contributed by atoms with van der Waals surface area (Å²) in [6, 6.07) is 17.5. The van der Waals surface area contributed by atoms with Gasteiger partial charge in [-0.3, -0.25) is 4.79 Å². The number of rotatable bonds is 5. The van der Waals surface area contributed by atoms with Crippen LogP contribution in [-0.4, -0.2) is 50.2 Å². The SMILES string of the molecule is Cc1ccccc1-c1cccc(CC2(C(=O)NC3CCN(C)CC3)CCOCC2)c1. The zero-order valence-corrected chi connectivity index (χ0v) is 18.3. The number of carbonyl (C=O) groups is 1. The second kappa shape index (κ2) is 9.32. The Balaban J connectivity index is 1.54. The lowest BCUT2D eigenvalue weighted by Gasteiger charge is -2.38. The lowest BCUT2D eigenvalue weighted by Crippen LogP contribution is -2.51. The van der Waals surface area contributed by atoms with Gasteiger partial charge >= 0.3 is 0 Å². The Kier molecular flexibility index (Phi) is 6.55. The number of hydrogen-bond acceptors (Lipinski definition) is 3. The van der Waals surface area contributed by atoms with Crippen LogP contribution in [0.2, 0.25) is 0 Å². The van der Waals surface area contributed by atoms with E-state index in [2.05, 4.69) is 72.7 Å². The molecule has 1 N–H and O–H groups in total. The molecule has 2 aliphatic rings. The van der Waals surface area contributed by atoms with Crippen LogP contribution in [0.4, 0.5) is 0 Å². The van der Waals surface area contributed by atoms with E-state index in [0.717, 1.165) is 45.2 Å². The number of likely N-dealkylation sites (tertiary alicyclic amines) is 1. The first kappa shape index (κ1) is 21.1. The summed E-state index contributed by atoms with van der Waals surface area (Å²) in [4.78, 5) is 15.8. The van der Waals surface area contributed by atoms with E-state index in [1.165, 1.54) is 22.3 Å². The fraction of sp³-hybridized carbons (Fsp3) is 0.500. The number of amides is 1. The minimum Gasteiger partial charge on any atom is -0.381 e. The molecule has 0 unspecified atom stereocenters. The van der Waals surface area contributed by atoms with E-state index in [4.69, 9.17) is 4.74 Å². The van der Waals surface area contributed by atoms with E-state index in [-0.39, 0.29) is 11.3 Å². The van der Waals surface area contributed by atoms with Crippen LogP contribution in [0.25, 0.3) is 11.1 Å². The summed E-state index contributed by atoms with van der Waals surface area (Å²) < 4.78 is 5.64. The second-order valence-corrected chi connectivity index (χ2v) is 9.14. The molecular formula is C26H34N2O2. The number of benzene rings is 2. The molecule has 0 radical (unpaired) electrons. The number of aryl methyl sites for hydroxylation is 1. The molecule has 0 aromatic heterocycles. The molecule has 0 atom stereocenters. The summed E-state index contributed by atoms with van der Waals surface area (Å²) in [5, 5.41) is 3.40. The van der Waals surface area contributed by atoms with Crippen molar-refractivity contribution < 1.29 is 9.53 Å². The smallest absolute Gasteiger partial charge is 0.226 e. The number of ether oxygens (including phenoxy) is 1. The quantitative estimate of drug-likeness (QED) is 0.809. The Bertz CT molecular complexity index is 865. The zero-order chi connectivity index (χ0) is 21.0. The van der Waals surface area contributed by atoms with Gasteiger partial charge in [0.15, 0.2) is 0 Å². The number of piperidine rings is 1. The normalized spacial score (nSPS) is 20.1. The highest BCUT2D eigenvalue weighted by Crippen LogP contribution is 2.36. The van der Waals surface area contributed by atoms with Crippen molar-refractivity contribution in [2.24, 2.45) is 5.41 Å². The fourth-order valence-electron chi connectivity index (χ4n) is 4.87. The Morgan fingerprint density at radius 1 is 1.10 bits per heavy atom. The van der Waals surface area contributed by atoms with Crippen molar-refractivity contribution >= 4 is 5.91 Å². The van der Waals surface area contributed by atoms with Gasteiger partial charge in [-0.2, -0.15) is 0 Å². The van der Waals surface area contributed by atoms with Gasteiger partial charge in [0, 0.05) is 19.3 Å². The third-order valence-corrected chi connectivity index (χ3v) is 6.91. The van der Waals surface area contributed by atoms with E-state index >= 15 is 0 Å². The molecule has 2 fully saturated rings. The summed E-state index contributed by atoms with van der Waals surface area (Å²) in [7, 11) is 2.15. The van der Waals surface area contributed by atoms with E-state index in [0.29, 0.717) is 19.3 Å². The maximum absolute atomic E-state index is 13.5. The lowest BCUT2D eigenvalue weighted by atomic mass is 9.74. The van der Waals surface area contributed by atoms with Gasteiger partial charge in [0.25, 0.3) is 0 Å². The Hall–Kier alpha value is -2.17. The summed E-state index contributed by atoms with van der Waals surface area (Å²) >= 11 is 0. The van der Waals surface area contributed by atoms with Crippen molar-refractivity contribution in [3.63, 3.8) is 0 Å². The molecule has 0 spiro atoms. The Labute approximate surface area is 180 Å². The van der Waals surface area contributed by atoms with Crippen LogP contribution in [0.15, 0.2) is 48.5 Å². The third-order valence-electron chi connectivity index (χ3n) is 6.91. The maximum atomic E-state index is 13.5. The Morgan fingerprint density at radius 2 is 1.83 bits per heavy atom. The predicted octanol–water partition coefficient (Wildman–Crippen LogP) is 4.21. The molecule has 4 heteroatoms. The highest BCUT2D eigenvalue weighted by molar-refractivity contribution is 5.83. The number of carbonyl (C=O) groups excluding carboxylic acids is 1. The van der Waals surface area contributed by atoms with E-state index in [1.54, 1.807) is 0 Å². The standard InChI is InChI=1S/C26H34N2O2/c1-20-6-3-4-9-24(20)22-8-5-7-21(18-22)19-26(12-16-30-17-13-26)25(29)27-23-10-14-28(2)15-11-23/h3-9,18,23H,10-17,19H2,1-2H3,(H,27,29). The molecule has 2 aliphatic heterocycles. The predicted molar refractivity (Wildman–Crippen MR) is 121 cm³/mol. The minimum atomic E-state index is -0.369. The maximum Gasteiger partial charge on any atom is 0.226 e. The number of hydrogen-bond donors (Lipinski definition) is 1. The van der Waals surface area contributed by atoms with Gasteiger partial charge in [-0.15, -0.1) is 0 Å². The molecule has 0 bridgehead atoms. The van der Waals surface area contributed by atoms with Crippen molar-refractivity contribution in [1.82, 2.24) is 10.2 Å². The first-order valence-corrected chi connectivity index (χ1v) is 11.3. The summed E-state index contributed by atoms with van der Waals surface area (Å²) in [5.74, 6) is 0.224. The molecular weight excluding hydrogens is 372 g/mol. The zero-order valence-electron chi connectivity index (χ0n) is 18.3. The highest BCUT2D eigenvalue weighted by atomic mass is 16.5. The van der Waals surface area contributed by atoms with Crippen molar-refractivity contribution in [2.75, 3.05) is 33.4 Å². The van der Waals surface area contributed by atoms with E-state index in [9.17, 15) is 4.79 Å². The Morgan fingerprint density at radius 3 is 2.57 bits per heavy atom. The fourth-order valence-corrected chi connectivity index (χ4v) is 4.87. The van der Waals surface area contributed by atoms with Crippen molar-refractivity contribution in [3.05, 3.63) is 59.7 Å². The molecule has 30 heavy (non-hydrogen) atoms. The van der Waals surface area contributed by atoms with Crippen molar-refractivity contribution in [3.8, 4) is 11.1 Å². The van der Waals surface area contributed by atoms with Gasteiger partial charge in [-0.05, 0) is 81.4 Å². The first-order chi connectivity index (χ1) is 14.6. The molecule has 2 saturated heterocycles. The largest absolute Gasteiger partial charge is 0.381 e. The van der Waals surface area contributed by atoms with Crippen LogP contribution in [-0.2, 0) is 16.0 Å². The topological polar surface area (TPSA) is 41.6 Å². The van der Waals surface area contributed by atoms with Gasteiger partial charge in [-0.1, -0.05) is 48.5 Å². The van der Waals surface area contributed by atoms with Gasteiger partial charge in [0.05, 0.1) is 5.41 Å². The lowest BCUT2D eigenvalue weighted by molar-refractivity contribution is -0.137. The van der Waals surface area contributed by atoms with Crippen LogP contribution in [0.5, 0.6) is 0 Å². The second-order valence-electron chi connectivity index (χ2n) is 9.14. The monoisotopic (exact) mass is 406 g/mol. The molecule has 2 aromatic rings. The summed E-state index contributed by atoms with van der Waals surface area (Å²) in [6.45, 7) is 5.59. The van der Waals surface area contributed by atoms with Gasteiger partial charge in [0.1, 0.15) is 0 Å². The minimum absolute atomic E-state index is 0.224. The van der Waals surface area contributed by atoms with Crippen LogP contribution >= 0.6 is 0 Å². The number of nitrogens with zero attached hydrogens (tertiary/aromatic N) is 1. The summed E-state index contributed by atoms with van der Waals surface area (Å²) in [6.07, 6.45) is 4.43. The van der Waals surface area contributed by atoms with Crippen LogP contribution in [0.3, 0.4) is 0 Å². The molecule has 0 aliphatic carbocycles. The average Bonchev–Trinajstić information content (AvgIpc) is 2.76. The van der Waals surface area contributed by atoms with Crippen LogP contribution in [0.1, 0.15) is 36.8 Å². The molecule has 4 nitrogen and oxygen atoms in total. The van der Waals surface area contributed by atoms with Crippen LogP contribution < -0.4 is 5.32 Å². The summed E-state index contributed by atoms with van der Waals surface area (Å²) in [5.41, 5.74) is 4.62. The molecule has 4 rings (SSSR count). The van der Waals surface area contributed by atoms with E-state index in [1.807, 2.05) is 0 Å². The van der Waals surface area contributed by atoms with Gasteiger partial charge in [0.2, 0.25) is 5.91 Å². The van der Waals surface area contributed by atoms with Crippen molar-refractivity contribution in [2.45, 2.75) is 45.1 Å². The average molecular weight is 407 g/mol. The third kappa shape index (κ3) is 4.76. The van der Waals surface area contributed by atoms with E-state index < -0.39 is 0 Å². The molecule has 0 saturated carbocycles. The molecule has 2 aromatic carbocycles. The highest BCUT2D eigenvalue weighted by Gasteiger charge is 2.41. The van der Waals surface area contributed by atoms with Gasteiger partial charge < -0.3 is 15.0 Å². The van der Waals surface area contributed by atoms with Gasteiger partial charge in [-0.25, -0.2) is 0 Å². The number of nitrogens with one attached hydrogen (secondary N) is 1.